The zero-order valence-electron chi connectivity index (χ0n) is 59.8. The van der Waals surface area contributed by atoms with Crippen molar-refractivity contribution >= 4 is 132 Å². The quantitative estimate of drug-likeness (QED) is 0.0645. The fraction of sp³-hybridized carbons (Fsp3) is 0.0874. The van der Waals surface area contributed by atoms with Gasteiger partial charge in [-0.05, 0) is 235 Å². The average molecular weight is 1350 g/mol. The number of nitrogens with zero attached hydrogens (tertiary/aromatic N) is 2. The Morgan fingerprint density at radius 2 is 0.575 bits per heavy atom. The smallest absolute Gasteiger partial charge is 0.252 e. The second-order valence-electron chi connectivity index (χ2n) is 30.9. The van der Waals surface area contributed by atoms with Crippen molar-refractivity contribution in [3.05, 3.63) is 356 Å². The summed E-state index contributed by atoms with van der Waals surface area (Å²) in [5.74, 6) is 0. The predicted octanol–water partition coefficient (Wildman–Crippen LogP) is 25.3. The Bertz CT molecular complexity index is 6100. The maximum absolute atomic E-state index is 2.78. The van der Waals surface area contributed by atoms with Crippen LogP contribution in [0.2, 0.25) is 0 Å². The molecule has 0 N–H and O–H groups in total. The Labute approximate surface area is 619 Å². The highest BCUT2D eigenvalue weighted by Crippen LogP contribution is 2.49. The molecule has 500 valence electrons. The molecule has 2 aliphatic rings. The largest absolute Gasteiger partial charge is 0.342 e. The molecule has 0 atom stereocenters. The lowest BCUT2D eigenvalue weighted by molar-refractivity contribution is 0.411. The first kappa shape index (κ1) is 62.1. The molecule has 2 nitrogen and oxygen atoms in total. The summed E-state index contributed by atoms with van der Waals surface area (Å²) < 4.78 is 0. The number of hydrogen-bond acceptors (Lipinski definition) is 2. The summed E-state index contributed by atoms with van der Waals surface area (Å²) in [6.45, 7) is 8.62. The van der Waals surface area contributed by atoms with Gasteiger partial charge < -0.3 is 9.80 Å². The van der Waals surface area contributed by atoms with Crippen molar-refractivity contribution < 1.29 is 0 Å². The molecule has 0 unspecified atom stereocenters. The standard InChI is InChI=1S/C103H75BN2/c1-103(2,3)64-65-60-96-102-97(61-65)106(59-57-81-76(68-28-12-6-13-29-68)38-21-39-77(81)69-30-14-7-15-31-69)95-63-73(79-51-53-91-87-43-19-35-71-33-17-41-85(99(71)87)89-47-23-45-83(79)101(89)91)49-55-93(95)104(102)92-54-48-72(78-50-52-90-86-42-18-34-70-32-16-40-84(98(70)86)88-46-22-44-82(78)100(88)90)62-94(92)105(96)58-56-80-74(66-24-8-4-9-25-66)36-20-37-75(80)67-26-10-5-11-27-67/h4-55,60-63H,56-59,64H2,1-3H3. The zero-order valence-corrected chi connectivity index (χ0v) is 59.8. The first-order chi connectivity index (χ1) is 52.2. The van der Waals surface area contributed by atoms with Crippen molar-refractivity contribution in [1.82, 2.24) is 0 Å². The molecule has 19 aromatic carbocycles. The molecule has 0 spiro atoms. The second kappa shape index (κ2) is 24.6. The van der Waals surface area contributed by atoms with Crippen LogP contribution in [0.5, 0.6) is 0 Å². The van der Waals surface area contributed by atoms with Crippen molar-refractivity contribution in [1.29, 1.82) is 0 Å². The predicted molar refractivity (Wildman–Crippen MR) is 456 cm³/mol. The molecule has 2 aliphatic heterocycles. The number of benzene rings is 19. The Morgan fingerprint density at radius 1 is 0.255 bits per heavy atom. The summed E-state index contributed by atoms with van der Waals surface area (Å²) >= 11 is 0. The van der Waals surface area contributed by atoms with Crippen molar-refractivity contribution in [3.8, 4) is 66.8 Å². The molecule has 0 fully saturated rings. The molecule has 19 aromatic rings. The number of rotatable bonds is 13. The molecule has 0 radical (unpaired) electrons. The van der Waals surface area contributed by atoms with Crippen LogP contribution in [0.4, 0.5) is 22.7 Å². The Balaban J connectivity index is 0.816. The van der Waals surface area contributed by atoms with Crippen molar-refractivity contribution in [2.75, 3.05) is 22.9 Å². The minimum Gasteiger partial charge on any atom is -0.342 e. The molecule has 0 aliphatic carbocycles. The van der Waals surface area contributed by atoms with Gasteiger partial charge in [-0.25, -0.2) is 0 Å². The van der Waals surface area contributed by atoms with Gasteiger partial charge >= 0.3 is 0 Å². The number of hydrogen-bond donors (Lipinski definition) is 0. The highest BCUT2D eigenvalue weighted by atomic mass is 15.2. The fourth-order valence-electron chi connectivity index (χ4n) is 19.2. The van der Waals surface area contributed by atoms with E-state index in [9.17, 15) is 0 Å². The minimum absolute atomic E-state index is 0.0185. The highest BCUT2D eigenvalue weighted by molar-refractivity contribution is 7.00. The van der Waals surface area contributed by atoms with Crippen LogP contribution in [0.15, 0.2) is 340 Å². The van der Waals surface area contributed by atoms with Gasteiger partial charge in [0.1, 0.15) is 0 Å². The van der Waals surface area contributed by atoms with E-state index in [2.05, 4.69) is 370 Å². The Morgan fingerprint density at radius 3 is 0.934 bits per heavy atom. The van der Waals surface area contributed by atoms with E-state index < -0.39 is 0 Å². The lowest BCUT2D eigenvalue weighted by Crippen LogP contribution is -2.62. The normalized spacial score (nSPS) is 12.8. The summed E-state index contributed by atoms with van der Waals surface area (Å²) in [4.78, 5) is 5.56. The van der Waals surface area contributed by atoms with Crippen LogP contribution in [0.3, 0.4) is 0 Å². The zero-order chi connectivity index (χ0) is 70.3. The topological polar surface area (TPSA) is 6.48 Å². The molecule has 0 aromatic heterocycles. The van der Waals surface area contributed by atoms with Crippen LogP contribution in [0.1, 0.15) is 37.5 Å². The van der Waals surface area contributed by atoms with Crippen molar-refractivity contribution in [2.45, 2.75) is 40.0 Å². The van der Waals surface area contributed by atoms with Crippen LogP contribution in [-0.4, -0.2) is 19.8 Å². The van der Waals surface area contributed by atoms with Gasteiger partial charge in [0.25, 0.3) is 6.71 Å². The molecule has 21 rings (SSSR count). The summed E-state index contributed by atoms with van der Waals surface area (Å²) in [6.07, 6.45) is 2.49. The minimum atomic E-state index is -0.0936. The van der Waals surface area contributed by atoms with E-state index in [4.69, 9.17) is 0 Å². The second-order valence-corrected chi connectivity index (χ2v) is 30.9. The first-order valence-electron chi connectivity index (χ1n) is 37.9. The molecule has 2 heterocycles. The Kier molecular flexibility index (Phi) is 14.4. The van der Waals surface area contributed by atoms with E-state index in [1.54, 1.807) is 0 Å². The molecule has 0 saturated carbocycles. The van der Waals surface area contributed by atoms with Crippen molar-refractivity contribution in [2.24, 2.45) is 5.41 Å². The third-order valence-electron chi connectivity index (χ3n) is 23.6. The van der Waals surface area contributed by atoms with E-state index in [1.165, 1.54) is 209 Å². The maximum Gasteiger partial charge on any atom is 0.252 e. The SMILES string of the molecule is CC(C)(C)Cc1cc2c3c(c1)N(CCc1c(-c4ccccc4)cccc1-c1ccccc1)c1cc(-c4ccc5c6cccc7cccc(c8cccc4c85)c76)ccc1B3c1ccc(-c3ccc4c5cccc6cccc(c7cccc3c74)c65)cc1N2CCc1c(-c2ccccc2)cccc1-c1ccccc1. The lowest BCUT2D eigenvalue weighted by atomic mass is 9.33. The van der Waals surface area contributed by atoms with Crippen LogP contribution >= 0.6 is 0 Å². The molecule has 0 amide bonds. The molecular weight excluding hydrogens is 1280 g/mol. The maximum atomic E-state index is 2.78. The summed E-state index contributed by atoms with van der Waals surface area (Å²) in [6, 6.07) is 130. The van der Waals surface area contributed by atoms with E-state index in [1.807, 2.05) is 0 Å². The van der Waals surface area contributed by atoms with Gasteiger partial charge in [-0.15, -0.1) is 0 Å². The van der Waals surface area contributed by atoms with E-state index in [0.717, 1.165) is 32.4 Å². The third-order valence-corrected chi connectivity index (χ3v) is 23.6. The van der Waals surface area contributed by atoms with E-state index in [0.29, 0.717) is 0 Å². The van der Waals surface area contributed by atoms with Crippen LogP contribution in [0, 0.1) is 5.41 Å². The monoisotopic (exact) mass is 1350 g/mol. The number of anilines is 4. The van der Waals surface area contributed by atoms with Gasteiger partial charge in [0, 0.05) is 35.8 Å². The first-order valence-corrected chi connectivity index (χ1v) is 37.9. The third kappa shape index (κ3) is 9.93. The average Bonchev–Trinajstić information content (AvgIpc) is 0.701. The summed E-state index contributed by atoms with van der Waals surface area (Å²) in [5.41, 5.74) is 28.1. The number of fused-ring (bicyclic) bond motifs is 8. The highest BCUT2D eigenvalue weighted by Gasteiger charge is 2.44. The van der Waals surface area contributed by atoms with Gasteiger partial charge in [-0.2, -0.15) is 0 Å². The molecule has 3 heteroatoms. The van der Waals surface area contributed by atoms with Gasteiger partial charge in [-0.1, -0.05) is 336 Å². The lowest BCUT2D eigenvalue weighted by Gasteiger charge is -2.45. The molecule has 0 bridgehead atoms. The fourth-order valence-corrected chi connectivity index (χ4v) is 19.2. The molecule has 0 saturated heterocycles. The van der Waals surface area contributed by atoms with Crippen LogP contribution < -0.4 is 26.2 Å². The van der Waals surface area contributed by atoms with Gasteiger partial charge in [0.05, 0.1) is 0 Å². The molecule has 106 heavy (non-hydrogen) atoms. The van der Waals surface area contributed by atoms with Crippen molar-refractivity contribution in [3.63, 3.8) is 0 Å². The summed E-state index contributed by atoms with van der Waals surface area (Å²) in [7, 11) is 0. The van der Waals surface area contributed by atoms with Crippen LogP contribution in [-0.2, 0) is 19.3 Å². The molecular formula is C103H75BN2. The van der Waals surface area contributed by atoms with Crippen LogP contribution in [0.25, 0.3) is 153 Å². The van der Waals surface area contributed by atoms with Gasteiger partial charge in [0.15, 0.2) is 0 Å². The van der Waals surface area contributed by atoms with Gasteiger partial charge in [0.2, 0.25) is 0 Å². The summed E-state index contributed by atoms with van der Waals surface area (Å²) in [5, 5.41) is 20.9. The van der Waals surface area contributed by atoms with E-state index in [-0.39, 0.29) is 12.1 Å². The Hall–Kier alpha value is -12.6. The van der Waals surface area contributed by atoms with Gasteiger partial charge in [-0.3, -0.25) is 0 Å². The van der Waals surface area contributed by atoms with E-state index >= 15 is 0 Å².